The molecule has 5 nitrogen and oxygen atoms in total. The Kier molecular flexibility index (Phi) is 2.87. The Hall–Kier alpha value is -1.49. The highest BCUT2D eigenvalue weighted by Crippen LogP contribution is 2.22. The maximum absolute atomic E-state index is 6.19. The Bertz CT molecular complexity index is 567. The number of nitrogen functional groups attached to an aromatic ring is 1. The molecule has 2 aromatic heterocycles. The Labute approximate surface area is 105 Å². The van der Waals surface area contributed by atoms with Crippen LogP contribution in [-0.2, 0) is 13.6 Å². The minimum atomic E-state index is 0.600. The van der Waals surface area contributed by atoms with Crippen molar-refractivity contribution in [3.05, 3.63) is 27.8 Å². The molecule has 0 bridgehead atoms. The first-order valence-electron chi connectivity index (χ1n) is 5.39. The molecule has 0 saturated carbocycles. The van der Waals surface area contributed by atoms with Crippen LogP contribution in [0.4, 0.5) is 5.69 Å². The summed E-state index contributed by atoms with van der Waals surface area (Å²) >= 11 is 6.19. The number of anilines is 1. The predicted molar refractivity (Wildman–Crippen MR) is 68.2 cm³/mol. The quantitative estimate of drug-likeness (QED) is 0.888. The number of aryl methyl sites for hydroxylation is 3. The first-order chi connectivity index (χ1) is 7.91. The van der Waals surface area contributed by atoms with Crippen molar-refractivity contribution in [1.29, 1.82) is 0 Å². The summed E-state index contributed by atoms with van der Waals surface area (Å²) in [5.74, 6) is 0. The molecule has 0 aliphatic heterocycles. The van der Waals surface area contributed by atoms with Gasteiger partial charge in [-0.2, -0.15) is 10.2 Å². The lowest BCUT2D eigenvalue weighted by Gasteiger charge is -2.04. The van der Waals surface area contributed by atoms with Gasteiger partial charge in [0.1, 0.15) is 5.15 Å². The topological polar surface area (TPSA) is 61.7 Å². The Morgan fingerprint density at radius 3 is 2.24 bits per heavy atom. The second-order valence-corrected chi connectivity index (χ2v) is 4.58. The minimum absolute atomic E-state index is 0.600. The maximum Gasteiger partial charge on any atom is 0.132 e. The Morgan fingerprint density at radius 1 is 1.18 bits per heavy atom. The second-order valence-electron chi connectivity index (χ2n) is 4.22. The number of halogens is 1. The number of hydrogen-bond donors (Lipinski definition) is 1. The monoisotopic (exact) mass is 253 g/mol. The highest BCUT2D eigenvalue weighted by molar-refractivity contribution is 6.30. The van der Waals surface area contributed by atoms with Crippen LogP contribution in [0.15, 0.2) is 0 Å². The van der Waals surface area contributed by atoms with Crippen LogP contribution in [0, 0.1) is 20.8 Å². The number of nitrogens with two attached hydrogens (primary N) is 1. The van der Waals surface area contributed by atoms with Gasteiger partial charge in [-0.1, -0.05) is 11.6 Å². The van der Waals surface area contributed by atoms with Gasteiger partial charge < -0.3 is 5.73 Å². The van der Waals surface area contributed by atoms with E-state index in [2.05, 4.69) is 10.2 Å². The molecule has 0 amide bonds. The van der Waals surface area contributed by atoms with Crippen molar-refractivity contribution in [3.63, 3.8) is 0 Å². The number of hydrogen-bond acceptors (Lipinski definition) is 3. The van der Waals surface area contributed by atoms with Gasteiger partial charge in [0.05, 0.1) is 29.3 Å². The van der Waals surface area contributed by atoms with Gasteiger partial charge in [0.2, 0.25) is 0 Å². The first kappa shape index (κ1) is 12.0. The second kappa shape index (κ2) is 4.07. The molecule has 6 heteroatoms. The largest absolute Gasteiger partial charge is 0.396 e. The van der Waals surface area contributed by atoms with E-state index in [4.69, 9.17) is 17.3 Å². The fourth-order valence-electron chi connectivity index (χ4n) is 1.87. The molecule has 0 aromatic carbocycles. The van der Waals surface area contributed by atoms with E-state index in [0.29, 0.717) is 11.7 Å². The molecule has 0 fully saturated rings. The van der Waals surface area contributed by atoms with Crippen LogP contribution in [0.25, 0.3) is 0 Å². The smallest absolute Gasteiger partial charge is 0.132 e. The normalized spacial score (nSPS) is 11.1. The van der Waals surface area contributed by atoms with Gasteiger partial charge in [0.25, 0.3) is 0 Å². The molecule has 17 heavy (non-hydrogen) atoms. The van der Waals surface area contributed by atoms with E-state index >= 15 is 0 Å². The highest BCUT2D eigenvalue weighted by Gasteiger charge is 2.15. The molecule has 2 heterocycles. The zero-order chi connectivity index (χ0) is 12.7. The van der Waals surface area contributed by atoms with Gasteiger partial charge in [-0.15, -0.1) is 0 Å². The van der Waals surface area contributed by atoms with Crippen LogP contribution in [0.1, 0.15) is 22.6 Å². The van der Waals surface area contributed by atoms with Gasteiger partial charge in [-0.3, -0.25) is 9.36 Å². The van der Waals surface area contributed by atoms with Gasteiger partial charge in [-0.05, 0) is 20.8 Å². The molecule has 0 saturated heterocycles. The number of aromatic nitrogens is 4. The third-order valence-corrected chi connectivity index (χ3v) is 3.49. The summed E-state index contributed by atoms with van der Waals surface area (Å²) < 4.78 is 3.53. The lowest BCUT2D eigenvalue weighted by atomic mass is 10.2. The van der Waals surface area contributed by atoms with E-state index in [1.54, 1.807) is 4.68 Å². The number of rotatable bonds is 2. The molecule has 2 N–H and O–H groups in total. The lowest BCUT2D eigenvalue weighted by Crippen LogP contribution is -2.05. The highest BCUT2D eigenvalue weighted by atomic mass is 35.5. The summed E-state index contributed by atoms with van der Waals surface area (Å²) in [6, 6.07) is 0. The molecule has 0 atom stereocenters. The number of nitrogens with zero attached hydrogens (tertiary/aromatic N) is 4. The lowest BCUT2D eigenvalue weighted by molar-refractivity contribution is 0.656. The summed E-state index contributed by atoms with van der Waals surface area (Å²) in [5, 5.41) is 9.32. The molecule has 0 radical (unpaired) electrons. The molecular weight excluding hydrogens is 238 g/mol. The fourth-order valence-corrected chi connectivity index (χ4v) is 2.10. The van der Waals surface area contributed by atoms with E-state index in [9.17, 15) is 0 Å². The van der Waals surface area contributed by atoms with Crippen LogP contribution in [0.3, 0.4) is 0 Å². The van der Waals surface area contributed by atoms with Crippen LogP contribution < -0.4 is 5.73 Å². The van der Waals surface area contributed by atoms with E-state index < -0.39 is 0 Å². The molecule has 0 aliphatic carbocycles. The van der Waals surface area contributed by atoms with Crippen molar-refractivity contribution >= 4 is 17.3 Å². The van der Waals surface area contributed by atoms with Crippen LogP contribution >= 0.6 is 11.6 Å². The van der Waals surface area contributed by atoms with E-state index in [1.807, 2.05) is 32.5 Å². The average Bonchev–Trinajstić information content (AvgIpc) is 2.65. The van der Waals surface area contributed by atoms with Crippen molar-refractivity contribution in [2.45, 2.75) is 27.3 Å². The van der Waals surface area contributed by atoms with Crippen molar-refractivity contribution in [3.8, 4) is 0 Å². The summed E-state index contributed by atoms with van der Waals surface area (Å²) in [7, 11) is 1.83. The van der Waals surface area contributed by atoms with Crippen molar-refractivity contribution in [2.24, 2.45) is 7.05 Å². The maximum atomic E-state index is 6.19. The average molecular weight is 254 g/mol. The van der Waals surface area contributed by atoms with Crippen molar-refractivity contribution in [1.82, 2.24) is 19.6 Å². The molecular formula is C11H16ClN5. The summed E-state index contributed by atoms with van der Waals surface area (Å²) in [6.45, 7) is 6.39. The SMILES string of the molecule is Cc1nn(Cc2c(C)nn(C)c2Cl)c(C)c1N. The summed E-state index contributed by atoms with van der Waals surface area (Å²) in [5.41, 5.74) is 10.4. The van der Waals surface area contributed by atoms with Gasteiger partial charge in [-0.25, -0.2) is 0 Å². The molecule has 0 aliphatic rings. The fraction of sp³-hybridized carbons (Fsp3) is 0.455. The Balaban J connectivity index is 2.41. The zero-order valence-electron chi connectivity index (χ0n) is 10.5. The van der Waals surface area contributed by atoms with Gasteiger partial charge in [0, 0.05) is 12.6 Å². The molecule has 92 valence electrons. The van der Waals surface area contributed by atoms with Gasteiger partial charge >= 0.3 is 0 Å². The third-order valence-electron chi connectivity index (χ3n) is 3.02. The Morgan fingerprint density at radius 2 is 1.82 bits per heavy atom. The molecule has 2 rings (SSSR count). The van der Waals surface area contributed by atoms with Crippen LogP contribution in [0.2, 0.25) is 5.15 Å². The summed E-state index contributed by atoms with van der Waals surface area (Å²) in [6.07, 6.45) is 0. The molecule has 0 unspecified atom stereocenters. The van der Waals surface area contributed by atoms with Crippen LogP contribution in [-0.4, -0.2) is 19.6 Å². The standard InChI is InChI=1S/C11H16ClN5/c1-6-9(11(12)16(4)14-6)5-17-8(3)10(13)7(2)15-17/h5,13H2,1-4H3. The molecule has 0 spiro atoms. The first-order valence-corrected chi connectivity index (χ1v) is 5.77. The van der Waals surface area contributed by atoms with Crippen molar-refractivity contribution in [2.75, 3.05) is 5.73 Å². The zero-order valence-corrected chi connectivity index (χ0v) is 11.2. The minimum Gasteiger partial charge on any atom is -0.396 e. The third kappa shape index (κ3) is 1.91. The molecule has 2 aromatic rings. The van der Waals surface area contributed by atoms with Crippen LogP contribution in [0.5, 0.6) is 0 Å². The van der Waals surface area contributed by atoms with Crippen molar-refractivity contribution < 1.29 is 0 Å². The van der Waals surface area contributed by atoms with Gasteiger partial charge in [0.15, 0.2) is 0 Å². The van der Waals surface area contributed by atoms with E-state index in [0.717, 1.165) is 28.3 Å². The predicted octanol–water partition coefficient (Wildman–Crippen LogP) is 1.83. The van der Waals surface area contributed by atoms with E-state index in [1.165, 1.54) is 0 Å². The van der Waals surface area contributed by atoms with E-state index in [-0.39, 0.29) is 0 Å². The summed E-state index contributed by atoms with van der Waals surface area (Å²) in [4.78, 5) is 0.